The summed E-state index contributed by atoms with van der Waals surface area (Å²) in [6, 6.07) is 3.66. The number of rotatable bonds is 2. The van der Waals surface area contributed by atoms with Crippen LogP contribution >= 0.6 is 0 Å². The van der Waals surface area contributed by atoms with Gasteiger partial charge in [-0.05, 0) is 6.07 Å². The number of H-pyrrole nitrogens is 1. The van der Waals surface area contributed by atoms with Gasteiger partial charge < -0.3 is 14.8 Å². The van der Waals surface area contributed by atoms with E-state index in [1.54, 1.807) is 0 Å². The van der Waals surface area contributed by atoms with E-state index in [9.17, 15) is 20.0 Å². The molecule has 17 heavy (non-hydrogen) atoms. The number of benzene rings is 1. The fourth-order valence-corrected chi connectivity index (χ4v) is 1.53. The zero-order valence-electron chi connectivity index (χ0n) is 8.76. The summed E-state index contributed by atoms with van der Waals surface area (Å²) in [5, 5.41) is 20.5. The number of nitro benzene ring substituents is 1. The van der Waals surface area contributed by atoms with E-state index in [2.05, 4.69) is 9.72 Å². The maximum Gasteiger partial charge on any atom is 0.354 e. The van der Waals surface area contributed by atoms with Gasteiger partial charge in [-0.15, -0.1) is 0 Å². The molecule has 0 aliphatic heterocycles. The highest BCUT2D eigenvalue weighted by molar-refractivity contribution is 5.97. The van der Waals surface area contributed by atoms with Gasteiger partial charge in [0.05, 0.1) is 23.6 Å². The number of hydrogen-bond acceptors (Lipinski definition) is 5. The van der Waals surface area contributed by atoms with Crippen LogP contribution in [0.3, 0.4) is 0 Å². The number of nitrogens with zero attached hydrogens (tertiary/aromatic N) is 1. The van der Waals surface area contributed by atoms with Crippen LogP contribution in [-0.4, -0.2) is 28.1 Å². The number of carbonyl (C=O) groups is 1. The summed E-state index contributed by atoms with van der Waals surface area (Å²) in [6.45, 7) is 0. The summed E-state index contributed by atoms with van der Waals surface area (Å²) in [6.07, 6.45) is 0. The van der Waals surface area contributed by atoms with Gasteiger partial charge in [-0.2, -0.15) is 0 Å². The standard InChI is InChI=1S/C10H8N2O5/c1-17-10(14)7-3-5-2-6(12(15)16)4-8(13)9(5)11-7/h2-4,11,13H,1H3. The molecule has 0 fully saturated rings. The zero-order chi connectivity index (χ0) is 12.6. The van der Waals surface area contributed by atoms with Crippen LogP contribution < -0.4 is 0 Å². The first-order valence-corrected chi connectivity index (χ1v) is 4.61. The number of hydrogen-bond donors (Lipinski definition) is 2. The Balaban J connectivity index is 2.64. The monoisotopic (exact) mass is 236 g/mol. The number of esters is 1. The molecule has 1 heterocycles. The van der Waals surface area contributed by atoms with Gasteiger partial charge in [0.25, 0.3) is 5.69 Å². The van der Waals surface area contributed by atoms with Crippen molar-refractivity contribution < 1.29 is 19.6 Å². The van der Waals surface area contributed by atoms with Crippen molar-refractivity contribution in [1.29, 1.82) is 0 Å². The maximum atomic E-state index is 11.2. The second-order valence-electron chi connectivity index (χ2n) is 3.36. The summed E-state index contributed by atoms with van der Waals surface area (Å²) in [4.78, 5) is 23.8. The molecule has 0 saturated carbocycles. The van der Waals surface area contributed by atoms with Crippen LogP contribution in [0.5, 0.6) is 5.75 Å². The van der Waals surface area contributed by atoms with E-state index in [0.717, 1.165) is 6.07 Å². The molecule has 0 unspecified atom stereocenters. The molecule has 0 amide bonds. The van der Waals surface area contributed by atoms with Gasteiger partial charge in [0, 0.05) is 11.5 Å². The normalized spacial score (nSPS) is 10.4. The van der Waals surface area contributed by atoms with E-state index in [4.69, 9.17) is 0 Å². The molecule has 0 saturated heterocycles. The van der Waals surface area contributed by atoms with Gasteiger partial charge >= 0.3 is 5.97 Å². The molecule has 1 aromatic heterocycles. The topological polar surface area (TPSA) is 105 Å². The number of non-ortho nitro benzene ring substituents is 1. The third-order valence-electron chi connectivity index (χ3n) is 2.31. The Morgan fingerprint density at radius 3 is 2.76 bits per heavy atom. The SMILES string of the molecule is COC(=O)c1cc2cc([N+](=O)[O-])cc(O)c2[nH]1. The number of aromatic nitrogens is 1. The van der Waals surface area contributed by atoms with Gasteiger partial charge in [0.15, 0.2) is 0 Å². The quantitative estimate of drug-likeness (QED) is 0.467. The minimum absolute atomic E-state index is 0.123. The Kier molecular flexibility index (Phi) is 2.43. The van der Waals surface area contributed by atoms with Crippen LogP contribution in [0.4, 0.5) is 5.69 Å². The van der Waals surface area contributed by atoms with Crippen LogP contribution in [0.25, 0.3) is 10.9 Å². The molecular formula is C10H8N2O5. The van der Waals surface area contributed by atoms with Crippen molar-refractivity contribution in [3.8, 4) is 5.75 Å². The number of carbonyl (C=O) groups excluding carboxylic acids is 1. The first-order chi connectivity index (χ1) is 8.02. The lowest BCUT2D eigenvalue weighted by molar-refractivity contribution is -0.384. The molecule has 1 aromatic carbocycles. The predicted octanol–water partition coefficient (Wildman–Crippen LogP) is 1.57. The van der Waals surface area contributed by atoms with E-state index in [-0.39, 0.29) is 22.6 Å². The molecule has 7 heteroatoms. The zero-order valence-corrected chi connectivity index (χ0v) is 8.76. The second-order valence-corrected chi connectivity index (χ2v) is 3.36. The lowest BCUT2D eigenvalue weighted by atomic mass is 10.2. The average Bonchev–Trinajstić information content (AvgIpc) is 2.72. The Morgan fingerprint density at radius 2 is 2.18 bits per heavy atom. The minimum atomic E-state index is -0.621. The van der Waals surface area contributed by atoms with E-state index in [1.165, 1.54) is 19.2 Å². The molecule has 2 N–H and O–H groups in total. The molecule has 0 radical (unpaired) electrons. The minimum Gasteiger partial charge on any atom is -0.505 e. The van der Waals surface area contributed by atoms with Crippen molar-refractivity contribution in [2.75, 3.05) is 7.11 Å². The molecule has 0 aliphatic rings. The number of aromatic amines is 1. The summed E-state index contributed by atoms with van der Waals surface area (Å²) in [5.74, 6) is -0.896. The van der Waals surface area contributed by atoms with Gasteiger partial charge in [-0.1, -0.05) is 0 Å². The van der Waals surface area contributed by atoms with Crippen molar-refractivity contribution in [2.24, 2.45) is 0 Å². The highest BCUT2D eigenvalue weighted by Crippen LogP contribution is 2.30. The summed E-state index contributed by atoms with van der Waals surface area (Å²) >= 11 is 0. The Bertz CT molecular complexity index is 616. The lowest BCUT2D eigenvalue weighted by Crippen LogP contribution is -2.00. The van der Waals surface area contributed by atoms with Crippen LogP contribution in [0.2, 0.25) is 0 Å². The Morgan fingerprint density at radius 1 is 1.47 bits per heavy atom. The third kappa shape index (κ3) is 1.78. The lowest BCUT2D eigenvalue weighted by Gasteiger charge is -1.95. The summed E-state index contributed by atoms with van der Waals surface area (Å²) in [7, 11) is 1.22. The predicted molar refractivity (Wildman–Crippen MR) is 58.0 cm³/mol. The molecule has 2 rings (SSSR count). The first-order valence-electron chi connectivity index (χ1n) is 4.61. The van der Waals surface area contributed by atoms with E-state index < -0.39 is 10.9 Å². The van der Waals surface area contributed by atoms with E-state index in [0.29, 0.717) is 5.39 Å². The third-order valence-corrected chi connectivity index (χ3v) is 2.31. The number of phenols is 1. The molecular weight excluding hydrogens is 228 g/mol. The highest BCUT2D eigenvalue weighted by atomic mass is 16.6. The van der Waals surface area contributed by atoms with Crippen LogP contribution in [0.15, 0.2) is 18.2 Å². The van der Waals surface area contributed by atoms with Gasteiger partial charge in [-0.25, -0.2) is 4.79 Å². The maximum absolute atomic E-state index is 11.2. The molecule has 88 valence electrons. The van der Waals surface area contributed by atoms with Gasteiger partial charge in [0.1, 0.15) is 11.4 Å². The van der Waals surface area contributed by atoms with E-state index >= 15 is 0 Å². The first kappa shape index (κ1) is 10.9. The average molecular weight is 236 g/mol. The number of nitro groups is 1. The number of fused-ring (bicyclic) bond motifs is 1. The molecule has 7 nitrogen and oxygen atoms in total. The highest BCUT2D eigenvalue weighted by Gasteiger charge is 2.16. The van der Waals surface area contributed by atoms with Crippen molar-refractivity contribution in [2.45, 2.75) is 0 Å². The van der Waals surface area contributed by atoms with Crippen molar-refractivity contribution >= 4 is 22.6 Å². The smallest absolute Gasteiger partial charge is 0.354 e. The molecule has 0 aliphatic carbocycles. The summed E-state index contributed by atoms with van der Waals surface area (Å²) in [5.41, 5.74) is 0.139. The van der Waals surface area contributed by atoms with Crippen molar-refractivity contribution in [1.82, 2.24) is 4.98 Å². The number of phenolic OH excluding ortho intramolecular Hbond substituents is 1. The van der Waals surface area contributed by atoms with Crippen molar-refractivity contribution in [3.05, 3.63) is 34.0 Å². The van der Waals surface area contributed by atoms with E-state index in [1.807, 2.05) is 0 Å². The largest absolute Gasteiger partial charge is 0.505 e. The number of nitrogens with one attached hydrogen (secondary N) is 1. The number of aromatic hydroxyl groups is 1. The second kappa shape index (κ2) is 3.78. The van der Waals surface area contributed by atoms with Crippen LogP contribution in [-0.2, 0) is 4.74 Å². The Labute approximate surface area is 94.8 Å². The number of ether oxygens (including phenoxy) is 1. The van der Waals surface area contributed by atoms with Gasteiger partial charge in [0.2, 0.25) is 0 Å². The number of methoxy groups -OCH3 is 1. The molecule has 0 atom stereocenters. The van der Waals surface area contributed by atoms with Gasteiger partial charge in [-0.3, -0.25) is 10.1 Å². The summed E-state index contributed by atoms with van der Waals surface area (Å²) < 4.78 is 4.50. The Hall–Kier alpha value is -2.57. The fourth-order valence-electron chi connectivity index (χ4n) is 1.53. The fraction of sp³-hybridized carbons (Fsp3) is 0.100. The molecule has 0 spiro atoms. The van der Waals surface area contributed by atoms with Crippen LogP contribution in [0, 0.1) is 10.1 Å². The van der Waals surface area contributed by atoms with Crippen molar-refractivity contribution in [3.63, 3.8) is 0 Å². The molecule has 0 bridgehead atoms. The molecule has 2 aromatic rings. The van der Waals surface area contributed by atoms with Crippen LogP contribution in [0.1, 0.15) is 10.5 Å².